The van der Waals surface area contributed by atoms with Gasteiger partial charge in [0.25, 0.3) is 0 Å². The van der Waals surface area contributed by atoms with Crippen molar-refractivity contribution in [2.75, 3.05) is 20.7 Å². The van der Waals surface area contributed by atoms with Gasteiger partial charge in [-0.1, -0.05) is 12.1 Å². The number of carbonyl (C=O) groups excluding carboxylic acids is 1. The lowest BCUT2D eigenvalue weighted by molar-refractivity contribution is -0.119. The van der Waals surface area contributed by atoms with Gasteiger partial charge in [-0.2, -0.15) is 0 Å². The van der Waals surface area contributed by atoms with Crippen LogP contribution in [-0.2, 0) is 11.3 Å². The van der Waals surface area contributed by atoms with Crippen molar-refractivity contribution in [3.8, 4) is 5.75 Å². The number of hydrogen-bond acceptors (Lipinski definition) is 3. The summed E-state index contributed by atoms with van der Waals surface area (Å²) >= 11 is 0. The van der Waals surface area contributed by atoms with Crippen molar-refractivity contribution in [1.82, 2.24) is 10.2 Å². The maximum absolute atomic E-state index is 11.2. The van der Waals surface area contributed by atoms with Crippen LogP contribution in [0, 0.1) is 6.92 Å². The molecule has 1 fully saturated rings. The van der Waals surface area contributed by atoms with Crippen LogP contribution in [0.1, 0.15) is 24.0 Å². The fourth-order valence-corrected chi connectivity index (χ4v) is 2.53. The standard InChI is InChI=1S/C15H22N2O2/c1-11-4-5-12(14(8-11)19-3)9-17(2)10-13-6-7-15(18)16-13/h4-5,8,13H,6-7,9-10H2,1-3H3,(H,16,18)/t13-/m0/s1. The molecule has 1 atom stereocenters. The average molecular weight is 262 g/mol. The highest BCUT2D eigenvalue weighted by Gasteiger charge is 2.22. The minimum Gasteiger partial charge on any atom is -0.496 e. The van der Waals surface area contributed by atoms with Crippen molar-refractivity contribution in [2.45, 2.75) is 32.4 Å². The lowest BCUT2D eigenvalue weighted by Crippen LogP contribution is -2.36. The second-order valence-electron chi connectivity index (χ2n) is 5.32. The Bertz CT molecular complexity index is 459. The Morgan fingerprint density at radius 1 is 1.47 bits per heavy atom. The van der Waals surface area contributed by atoms with E-state index in [2.05, 4.69) is 42.4 Å². The zero-order valence-electron chi connectivity index (χ0n) is 11.9. The van der Waals surface area contributed by atoms with E-state index in [1.54, 1.807) is 7.11 Å². The molecule has 0 unspecified atom stereocenters. The van der Waals surface area contributed by atoms with Gasteiger partial charge in [0.1, 0.15) is 5.75 Å². The highest BCUT2D eigenvalue weighted by molar-refractivity contribution is 5.78. The number of nitrogens with one attached hydrogen (secondary N) is 1. The summed E-state index contributed by atoms with van der Waals surface area (Å²) in [5, 5.41) is 3.00. The second kappa shape index (κ2) is 6.06. The van der Waals surface area contributed by atoms with Gasteiger partial charge in [-0.05, 0) is 32.0 Å². The van der Waals surface area contributed by atoms with Crippen molar-refractivity contribution >= 4 is 5.91 Å². The predicted octanol–water partition coefficient (Wildman–Crippen LogP) is 1.71. The molecular weight excluding hydrogens is 240 g/mol. The molecule has 4 nitrogen and oxygen atoms in total. The number of nitrogens with zero attached hydrogens (tertiary/aromatic N) is 1. The molecule has 4 heteroatoms. The molecule has 2 rings (SSSR count). The normalized spacial score (nSPS) is 18.7. The summed E-state index contributed by atoms with van der Waals surface area (Å²) < 4.78 is 5.42. The van der Waals surface area contributed by atoms with Gasteiger partial charge in [0, 0.05) is 31.1 Å². The van der Waals surface area contributed by atoms with Crippen molar-refractivity contribution in [3.63, 3.8) is 0 Å². The molecular formula is C15H22N2O2. The molecule has 0 bridgehead atoms. The number of methoxy groups -OCH3 is 1. The van der Waals surface area contributed by atoms with E-state index in [1.807, 2.05) is 0 Å². The molecule has 1 aromatic rings. The van der Waals surface area contributed by atoms with Crippen LogP contribution in [0.25, 0.3) is 0 Å². The zero-order chi connectivity index (χ0) is 13.8. The number of likely N-dealkylation sites (N-methyl/N-ethyl adjacent to an activating group) is 1. The second-order valence-corrected chi connectivity index (χ2v) is 5.32. The van der Waals surface area contributed by atoms with E-state index in [9.17, 15) is 4.79 Å². The minimum atomic E-state index is 0.173. The molecule has 1 aliphatic rings. The Balaban J connectivity index is 1.94. The van der Waals surface area contributed by atoms with E-state index < -0.39 is 0 Å². The molecule has 0 aliphatic carbocycles. The summed E-state index contributed by atoms with van der Waals surface area (Å²) in [6, 6.07) is 6.55. The third kappa shape index (κ3) is 3.70. The maximum Gasteiger partial charge on any atom is 0.220 e. The molecule has 0 aromatic heterocycles. The van der Waals surface area contributed by atoms with Crippen molar-refractivity contribution in [3.05, 3.63) is 29.3 Å². The van der Waals surface area contributed by atoms with Crippen molar-refractivity contribution < 1.29 is 9.53 Å². The van der Waals surface area contributed by atoms with Crippen LogP contribution in [0.5, 0.6) is 5.75 Å². The zero-order valence-corrected chi connectivity index (χ0v) is 11.9. The van der Waals surface area contributed by atoms with E-state index in [-0.39, 0.29) is 11.9 Å². The smallest absolute Gasteiger partial charge is 0.220 e. The number of carbonyl (C=O) groups is 1. The molecule has 1 aliphatic heterocycles. The summed E-state index contributed by atoms with van der Waals surface area (Å²) in [6.45, 7) is 3.77. The molecule has 1 heterocycles. The van der Waals surface area contributed by atoms with Crippen LogP contribution in [0.4, 0.5) is 0 Å². The summed E-state index contributed by atoms with van der Waals surface area (Å²) in [5.74, 6) is 1.11. The molecule has 1 aromatic carbocycles. The van der Waals surface area contributed by atoms with Gasteiger partial charge < -0.3 is 10.1 Å². The number of benzene rings is 1. The molecule has 1 N–H and O–H groups in total. The third-order valence-electron chi connectivity index (χ3n) is 3.50. The van der Waals surface area contributed by atoms with Crippen LogP contribution in [0.3, 0.4) is 0 Å². The molecule has 0 spiro atoms. The van der Waals surface area contributed by atoms with Gasteiger partial charge in [-0.3, -0.25) is 9.69 Å². The van der Waals surface area contributed by atoms with E-state index >= 15 is 0 Å². The highest BCUT2D eigenvalue weighted by atomic mass is 16.5. The van der Waals surface area contributed by atoms with Gasteiger partial charge in [0.2, 0.25) is 5.91 Å². The summed E-state index contributed by atoms with van der Waals surface area (Å²) in [7, 11) is 3.78. The van der Waals surface area contributed by atoms with Gasteiger partial charge in [0.05, 0.1) is 7.11 Å². The fourth-order valence-electron chi connectivity index (χ4n) is 2.53. The Labute approximate surface area is 114 Å². The van der Waals surface area contributed by atoms with E-state index in [4.69, 9.17) is 4.74 Å². The van der Waals surface area contributed by atoms with Crippen LogP contribution in [0.2, 0.25) is 0 Å². The summed E-state index contributed by atoms with van der Waals surface area (Å²) in [4.78, 5) is 13.4. The van der Waals surface area contributed by atoms with Gasteiger partial charge >= 0.3 is 0 Å². The lowest BCUT2D eigenvalue weighted by atomic mass is 10.1. The monoisotopic (exact) mass is 262 g/mol. The van der Waals surface area contributed by atoms with Crippen LogP contribution in [0.15, 0.2) is 18.2 Å². The van der Waals surface area contributed by atoms with Crippen LogP contribution in [-0.4, -0.2) is 37.6 Å². The SMILES string of the molecule is COc1cc(C)ccc1CN(C)C[C@@H]1CCC(=O)N1. The van der Waals surface area contributed by atoms with Crippen LogP contribution < -0.4 is 10.1 Å². The van der Waals surface area contributed by atoms with Gasteiger partial charge in [0.15, 0.2) is 0 Å². The van der Waals surface area contributed by atoms with E-state index in [0.717, 1.165) is 25.3 Å². The van der Waals surface area contributed by atoms with Crippen LogP contribution >= 0.6 is 0 Å². The Hall–Kier alpha value is -1.55. The largest absolute Gasteiger partial charge is 0.496 e. The molecule has 1 saturated heterocycles. The first-order valence-corrected chi connectivity index (χ1v) is 6.70. The number of aryl methyl sites for hydroxylation is 1. The number of amides is 1. The predicted molar refractivity (Wildman–Crippen MR) is 75.2 cm³/mol. The van der Waals surface area contributed by atoms with Crippen molar-refractivity contribution in [2.24, 2.45) is 0 Å². The van der Waals surface area contributed by atoms with Crippen molar-refractivity contribution in [1.29, 1.82) is 0 Å². The fraction of sp³-hybridized carbons (Fsp3) is 0.533. The first-order valence-electron chi connectivity index (χ1n) is 6.70. The highest BCUT2D eigenvalue weighted by Crippen LogP contribution is 2.21. The maximum atomic E-state index is 11.2. The number of rotatable bonds is 5. The summed E-state index contributed by atoms with van der Waals surface area (Å²) in [5.41, 5.74) is 2.38. The summed E-state index contributed by atoms with van der Waals surface area (Å²) in [6.07, 6.45) is 1.60. The quantitative estimate of drug-likeness (QED) is 0.878. The number of ether oxygens (including phenoxy) is 1. The van der Waals surface area contributed by atoms with Gasteiger partial charge in [-0.15, -0.1) is 0 Å². The molecule has 0 radical (unpaired) electrons. The molecule has 19 heavy (non-hydrogen) atoms. The Kier molecular flexibility index (Phi) is 4.43. The first-order chi connectivity index (χ1) is 9.08. The minimum absolute atomic E-state index is 0.173. The average Bonchev–Trinajstić information content (AvgIpc) is 2.76. The first kappa shape index (κ1) is 13.9. The molecule has 104 valence electrons. The number of hydrogen-bond donors (Lipinski definition) is 1. The third-order valence-corrected chi connectivity index (χ3v) is 3.50. The Morgan fingerprint density at radius 3 is 2.89 bits per heavy atom. The van der Waals surface area contributed by atoms with E-state index in [1.165, 1.54) is 11.1 Å². The lowest BCUT2D eigenvalue weighted by Gasteiger charge is -2.22. The Morgan fingerprint density at radius 2 is 2.26 bits per heavy atom. The molecule has 0 saturated carbocycles. The van der Waals surface area contributed by atoms with Gasteiger partial charge in [-0.25, -0.2) is 0 Å². The molecule has 1 amide bonds. The topological polar surface area (TPSA) is 41.6 Å². The van der Waals surface area contributed by atoms with E-state index in [0.29, 0.717) is 6.42 Å².